The van der Waals surface area contributed by atoms with Crippen LogP contribution in [0.15, 0.2) is 32.1 Å². The lowest BCUT2D eigenvalue weighted by atomic mass is 10.2. The SMILES string of the molecule is Cc1csc2nc([C@H](C)NC(=O)c3cccs3)oc(=O)c12. The topological polar surface area (TPSA) is 72.2 Å². The molecule has 0 aromatic carbocycles. The highest BCUT2D eigenvalue weighted by Gasteiger charge is 2.18. The first-order valence-corrected chi connectivity index (χ1v) is 8.05. The summed E-state index contributed by atoms with van der Waals surface area (Å²) in [7, 11) is 0. The first-order valence-electron chi connectivity index (χ1n) is 6.29. The van der Waals surface area contributed by atoms with Gasteiger partial charge in [-0.05, 0) is 36.2 Å². The van der Waals surface area contributed by atoms with Gasteiger partial charge < -0.3 is 9.73 Å². The Morgan fingerprint density at radius 2 is 2.24 bits per heavy atom. The standard InChI is InChI=1S/C14H12N2O3S2/c1-7-6-21-13-10(7)14(18)19-12(16-13)8(2)15-11(17)9-4-3-5-20-9/h3-6,8H,1-2H3,(H,15,17)/t8-/m0/s1. The van der Waals surface area contributed by atoms with Crippen molar-refractivity contribution in [1.82, 2.24) is 10.3 Å². The fourth-order valence-corrected chi connectivity index (χ4v) is 3.49. The smallest absolute Gasteiger partial charge is 0.348 e. The number of carbonyl (C=O) groups excluding carboxylic acids is 1. The number of amides is 1. The predicted molar refractivity (Wildman–Crippen MR) is 83.1 cm³/mol. The van der Waals surface area contributed by atoms with Crippen LogP contribution in [-0.2, 0) is 0 Å². The Bertz CT molecular complexity index is 849. The quantitative estimate of drug-likeness (QED) is 0.805. The Kier molecular flexibility index (Phi) is 3.60. The van der Waals surface area contributed by atoms with Gasteiger partial charge >= 0.3 is 5.63 Å². The van der Waals surface area contributed by atoms with E-state index in [1.54, 1.807) is 13.0 Å². The van der Waals surface area contributed by atoms with Crippen LogP contribution in [0.5, 0.6) is 0 Å². The van der Waals surface area contributed by atoms with Crippen molar-refractivity contribution in [3.63, 3.8) is 0 Å². The molecule has 0 aliphatic rings. The monoisotopic (exact) mass is 320 g/mol. The highest BCUT2D eigenvalue weighted by molar-refractivity contribution is 7.16. The number of aryl methyl sites for hydroxylation is 1. The second kappa shape index (κ2) is 5.42. The number of nitrogens with zero attached hydrogens (tertiary/aromatic N) is 1. The molecule has 3 aromatic rings. The van der Waals surface area contributed by atoms with Crippen molar-refractivity contribution in [2.45, 2.75) is 19.9 Å². The zero-order chi connectivity index (χ0) is 15.0. The zero-order valence-electron chi connectivity index (χ0n) is 11.4. The molecule has 0 aliphatic heterocycles. The van der Waals surface area contributed by atoms with Crippen LogP contribution in [0.1, 0.15) is 34.1 Å². The summed E-state index contributed by atoms with van der Waals surface area (Å²) in [5.41, 5.74) is 0.448. The number of aromatic nitrogens is 1. The summed E-state index contributed by atoms with van der Waals surface area (Å²) in [5.74, 6) is 0.0173. The number of thiophene rings is 2. The van der Waals surface area contributed by atoms with Crippen LogP contribution in [0.25, 0.3) is 10.2 Å². The molecule has 0 saturated carbocycles. The second-order valence-electron chi connectivity index (χ2n) is 4.61. The summed E-state index contributed by atoms with van der Waals surface area (Å²) in [5, 5.41) is 6.99. The summed E-state index contributed by atoms with van der Waals surface area (Å²) in [4.78, 5) is 29.6. The van der Waals surface area contributed by atoms with Crippen LogP contribution < -0.4 is 10.9 Å². The van der Waals surface area contributed by atoms with Gasteiger partial charge in [0.05, 0.1) is 10.3 Å². The third-order valence-electron chi connectivity index (χ3n) is 3.03. The minimum Gasteiger partial charge on any atom is -0.406 e. The molecule has 1 atom stereocenters. The number of fused-ring (bicyclic) bond motifs is 1. The molecule has 108 valence electrons. The fourth-order valence-electron chi connectivity index (χ4n) is 1.95. The third-order valence-corrected chi connectivity index (χ3v) is 4.89. The molecule has 3 rings (SSSR count). The normalized spacial score (nSPS) is 12.5. The predicted octanol–water partition coefficient (Wildman–Crippen LogP) is 3.11. The zero-order valence-corrected chi connectivity index (χ0v) is 13.0. The van der Waals surface area contributed by atoms with Crippen molar-refractivity contribution < 1.29 is 9.21 Å². The molecule has 0 radical (unpaired) electrons. The summed E-state index contributed by atoms with van der Waals surface area (Å²) >= 11 is 2.75. The number of carbonyl (C=O) groups is 1. The van der Waals surface area contributed by atoms with Crippen molar-refractivity contribution in [3.8, 4) is 0 Å². The van der Waals surface area contributed by atoms with E-state index >= 15 is 0 Å². The molecule has 5 nitrogen and oxygen atoms in total. The lowest BCUT2D eigenvalue weighted by molar-refractivity contribution is 0.0937. The van der Waals surface area contributed by atoms with Crippen molar-refractivity contribution in [2.75, 3.05) is 0 Å². The van der Waals surface area contributed by atoms with Crippen LogP contribution in [0.2, 0.25) is 0 Å². The molecule has 3 heterocycles. The molecule has 1 N–H and O–H groups in total. The first-order chi connectivity index (χ1) is 10.1. The number of rotatable bonds is 3. The van der Waals surface area contributed by atoms with Gasteiger partial charge in [-0.1, -0.05) is 6.07 Å². The van der Waals surface area contributed by atoms with E-state index in [9.17, 15) is 9.59 Å². The molecule has 0 unspecified atom stereocenters. The van der Waals surface area contributed by atoms with E-state index in [0.29, 0.717) is 15.1 Å². The maximum Gasteiger partial charge on any atom is 0.348 e. The van der Waals surface area contributed by atoms with Gasteiger partial charge in [-0.3, -0.25) is 4.79 Å². The van der Waals surface area contributed by atoms with Gasteiger partial charge in [0.2, 0.25) is 5.89 Å². The van der Waals surface area contributed by atoms with Gasteiger partial charge in [0.1, 0.15) is 10.9 Å². The minimum atomic E-state index is -0.473. The molecule has 21 heavy (non-hydrogen) atoms. The van der Waals surface area contributed by atoms with E-state index in [1.165, 1.54) is 22.7 Å². The largest absolute Gasteiger partial charge is 0.406 e. The minimum absolute atomic E-state index is 0.204. The van der Waals surface area contributed by atoms with Gasteiger partial charge in [-0.25, -0.2) is 9.78 Å². The van der Waals surface area contributed by atoms with Crippen LogP contribution >= 0.6 is 22.7 Å². The number of hydrogen-bond donors (Lipinski definition) is 1. The Morgan fingerprint density at radius 1 is 1.43 bits per heavy atom. The molecule has 0 bridgehead atoms. The van der Waals surface area contributed by atoms with Crippen LogP contribution in [0.4, 0.5) is 0 Å². The molecule has 1 amide bonds. The molecule has 0 fully saturated rings. The lowest BCUT2D eigenvalue weighted by Gasteiger charge is -2.10. The van der Waals surface area contributed by atoms with E-state index in [0.717, 1.165) is 5.56 Å². The Hall–Kier alpha value is -1.99. The van der Waals surface area contributed by atoms with Gasteiger partial charge in [0.25, 0.3) is 5.91 Å². The third kappa shape index (κ3) is 2.62. The Labute approximate surface area is 128 Å². The number of nitrogens with one attached hydrogen (secondary N) is 1. The molecule has 7 heteroatoms. The average Bonchev–Trinajstić information content (AvgIpc) is 3.08. The van der Waals surface area contributed by atoms with E-state index in [2.05, 4.69) is 10.3 Å². The number of hydrogen-bond acceptors (Lipinski definition) is 6. The summed E-state index contributed by atoms with van der Waals surface area (Å²) in [6.45, 7) is 3.59. The fraction of sp³-hybridized carbons (Fsp3) is 0.214. The summed E-state index contributed by atoms with van der Waals surface area (Å²) in [6.07, 6.45) is 0. The lowest BCUT2D eigenvalue weighted by Crippen LogP contribution is -2.27. The summed E-state index contributed by atoms with van der Waals surface area (Å²) in [6, 6.07) is 3.07. The second-order valence-corrected chi connectivity index (χ2v) is 6.42. The molecule has 0 spiro atoms. The van der Waals surface area contributed by atoms with Crippen LogP contribution in [0, 0.1) is 6.92 Å². The van der Waals surface area contributed by atoms with Crippen molar-refractivity contribution in [3.05, 3.63) is 49.6 Å². The van der Waals surface area contributed by atoms with Gasteiger partial charge in [0, 0.05) is 0 Å². The van der Waals surface area contributed by atoms with Crippen molar-refractivity contribution >= 4 is 38.8 Å². The molecule has 0 aliphatic carbocycles. The Balaban J connectivity index is 1.90. The average molecular weight is 320 g/mol. The maximum absolute atomic E-state index is 12.0. The van der Waals surface area contributed by atoms with E-state index in [-0.39, 0.29) is 11.8 Å². The van der Waals surface area contributed by atoms with E-state index in [1.807, 2.05) is 23.8 Å². The van der Waals surface area contributed by atoms with Gasteiger partial charge in [0.15, 0.2) is 0 Å². The Morgan fingerprint density at radius 3 is 2.95 bits per heavy atom. The highest BCUT2D eigenvalue weighted by atomic mass is 32.1. The molecule has 0 saturated heterocycles. The van der Waals surface area contributed by atoms with Gasteiger partial charge in [-0.2, -0.15) is 0 Å². The van der Waals surface area contributed by atoms with Crippen LogP contribution in [-0.4, -0.2) is 10.9 Å². The van der Waals surface area contributed by atoms with E-state index < -0.39 is 11.7 Å². The van der Waals surface area contributed by atoms with Crippen molar-refractivity contribution in [2.24, 2.45) is 0 Å². The molecular formula is C14H12N2O3S2. The first kappa shape index (κ1) is 14.0. The molecular weight excluding hydrogens is 308 g/mol. The summed E-state index contributed by atoms with van der Waals surface area (Å²) < 4.78 is 5.24. The van der Waals surface area contributed by atoms with Gasteiger partial charge in [-0.15, -0.1) is 22.7 Å². The van der Waals surface area contributed by atoms with E-state index in [4.69, 9.17) is 4.42 Å². The van der Waals surface area contributed by atoms with Crippen LogP contribution in [0.3, 0.4) is 0 Å². The maximum atomic E-state index is 12.0. The van der Waals surface area contributed by atoms with Crippen molar-refractivity contribution in [1.29, 1.82) is 0 Å². The molecule has 3 aromatic heterocycles. The highest BCUT2D eigenvalue weighted by Crippen LogP contribution is 2.22.